The van der Waals surface area contributed by atoms with Gasteiger partial charge in [-0.15, -0.1) is 0 Å². The first-order valence-corrected chi connectivity index (χ1v) is 7.23. The van der Waals surface area contributed by atoms with Gasteiger partial charge in [-0.25, -0.2) is 0 Å². The fourth-order valence-corrected chi connectivity index (χ4v) is 2.19. The zero-order valence-corrected chi connectivity index (χ0v) is 11.7. The van der Waals surface area contributed by atoms with Crippen molar-refractivity contribution in [2.24, 2.45) is 0 Å². The van der Waals surface area contributed by atoms with Crippen molar-refractivity contribution in [3.05, 3.63) is 48.5 Å². The van der Waals surface area contributed by atoms with Gasteiger partial charge in [-0.3, -0.25) is 0 Å². The standard InChI is InChI=1S/C10H8.C4H9.Na/c1-2-6-10-8-4-3-7-9(10)5-1;1-3-4-2;/h1-8H;1,3-4H2,2H3;. The van der Waals surface area contributed by atoms with Gasteiger partial charge in [0.05, 0.1) is 0 Å². The molecule has 0 saturated heterocycles. The predicted molar refractivity (Wildman–Crippen MR) is 69.4 cm³/mol. The van der Waals surface area contributed by atoms with Gasteiger partial charge in [0, 0.05) is 0 Å². The summed E-state index contributed by atoms with van der Waals surface area (Å²) in [6.07, 6.45) is 2.83. The van der Waals surface area contributed by atoms with Crippen molar-refractivity contribution in [3.63, 3.8) is 0 Å². The van der Waals surface area contributed by atoms with Crippen molar-refractivity contribution in [2.75, 3.05) is 0 Å². The molecule has 0 N–H and O–H groups in total. The van der Waals surface area contributed by atoms with Crippen LogP contribution in [0.5, 0.6) is 0 Å². The minimum absolute atomic E-state index is 1.31. The molecule has 0 saturated carbocycles. The minimum Gasteiger partial charge on any atom is -0.0616 e. The van der Waals surface area contributed by atoms with Gasteiger partial charge >= 0.3 is 51.4 Å². The first kappa shape index (κ1) is 12.8. The van der Waals surface area contributed by atoms with E-state index in [4.69, 9.17) is 0 Å². The summed E-state index contributed by atoms with van der Waals surface area (Å²) in [5.41, 5.74) is 0. The van der Waals surface area contributed by atoms with Crippen LogP contribution in [0.15, 0.2) is 48.5 Å². The largest absolute Gasteiger partial charge is 0.0616 e. The smallest absolute Gasteiger partial charge is 0.0184 e. The minimum atomic E-state index is 1.31. The van der Waals surface area contributed by atoms with Crippen LogP contribution in [0, 0.1) is 0 Å². The maximum absolute atomic E-state index is 2.23. The van der Waals surface area contributed by atoms with Gasteiger partial charge in [0.2, 0.25) is 0 Å². The summed E-state index contributed by atoms with van der Waals surface area (Å²) in [5, 5.41) is 2.62. The van der Waals surface area contributed by atoms with Crippen molar-refractivity contribution in [1.82, 2.24) is 0 Å². The van der Waals surface area contributed by atoms with E-state index in [1.807, 2.05) is 0 Å². The van der Waals surface area contributed by atoms with E-state index in [9.17, 15) is 0 Å². The second-order valence-electron chi connectivity index (χ2n) is 3.70. The van der Waals surface area contributed by atoms with E-state index in [2.05, 4.69) is 55.5 Å². The first-order valence-electron chi connectivity index (χ1n) is 5.82. The van der Waals surface area contributed by atoms with E-state index < -0.39 is 0 Å². The molecule has 0 fully saturated rings. The SMILES string of the molecule is CCC[CH2][Na].c1ccc2ccccc2c1. The number of hydrogen-bond donors (Lipinski definition) is 0. The second kappa shape index (κ2) is 7.92. The molecular formula is C14H17Na. The van der Waals surface area contributed by atoms with Crippen LogP contribution in [0.25, 0.3) is 10.8 Å². The second-order valence-corrected chi connectivity index (χ2v) is 4.70. The van der Waals surface area contributed by atoms with Crippen LogP contribution >= 0.6 is 0 Å². The first-order chi connectivity index (χ1) is 7.38. The number of unbranched alkanes of at least 4 members (excludes halogenated alkanes) is 1. The number of rotatable bonds is 2. The molecule has 74 valence electrons. The molecule has 2 rings (SSSR count). The average molecular weight is 208 g/mol. The van der Waals surface area contributed by atoms with Gasteiger partial charge in [-0.2, -0.15) is 0 Å². The van der Waals surface area contributed by atoms with Gasteiger partial charge < -0.3 is 0 Å². The van der Waals surface area contributed by atoms with Crippen LogP contribution in [-0.4, -0.2) is 27.9 Å². The summed E-state index contributed by atoms with van der Waals surface area (Å²) in [6, 6.07) is 16.7. The number of benzene rings is 2. The van der Waals surface area contributed by atoms with Crippen LogP contribution in [0.1, 0.15) is 19.8 Å². The summed E-state index contributed by atoms with van der Waals surface area (Å²) in [5.74, 6) is 0. The molecule has 0 spiro atoms. The van der Waals surface area contributed by atoms with E-state index in [1.165, 1.54) is 55.2 Å². The van der Waals surface area contributed by atoms with Crippen molar-refractivity contribution >= 4 is 38.7 Å². The van der Waals surface area contributed by atoms with Crippen molar-refractivity contribution in [1.29, 1.82) is 0 Å². The summed E-state index contributed by atoms with van der Waals surface area (Å²) in [6.45, 7) is 2.23. The quantitative estimate of drug-likeness (QED) is 0.648. The molecule has 2 aromatic carbocycles. The molecule has 2 aromatic rings. The number of hydrogen-bond acceptors (Lipinski definition) is 0. The van der Waals surface area contributed by atoms with E-state index in [0.29, 0.717) is 0 Å². The van der Waals surface area contributed by atoms with E-state index in [-0.39, 0.29) is 0 Å². The fourth-order valence-electron chi connectivity index (χ4n) is 1.49. The van der Waals surface area contributed by atoms with Crippen LogP contribution in [0.3, 0.4) is 0 Å². The molecule has 0 nitrogen and oxygen atoms in total. The third-order valence-electron chi connectivity index (χ3n) is 2.37. The normalized spacial score (nSPS) is 9.53. The predicted octanol–water partition coefficient (Wildman–Crippen LogP) is 4.21. The van der Waals surface area contributed by atoms with E-state index in [1.54, 1.807) is 0 Å². The molecule has 0 unspecified atom stereocenters. The summed E-state index contributed by atoms with van der Waals surface area (Å²) < 4.78 is 1.48. The van der Waals surface area contributed by atoms with Crippen LogP contribution in [0.4, 0.5) is 0 Å². The molecule has 0 aliphatic heterocycles. The Morgan fingerprint density at radius 1 is 0.867 bits per heavy atom. The summed E-state index contributed by atoms with van der Waals surface area (Å²) >= 11 is 1.40. The van der Waals surface area contributed by atoms with Gasteiger partial charge in [0.15, 0.2) is 0 Å². The molecule has 0 aromatic heterocycles. The molecule has 0 amide bonds. The molecule has 0 aliphatic rings. The van der Waals surface area contributed by atoms with Crippen molar-refractivity contribution in [2.45, 2.75) is 23.4 Å². The Kier molecular flexibility index (Phi) is 6.74. The van der Waals surface area contributed by atoms with E-state index >= 15 is 0 Å². The number of fused-ring (bicyclic) bond motifs is 1. The molecular weight excluding hydrogens is 191 g/mol. The van der Waals surface area contributed by atoms with Gasteiger partial charge in [-0.05, 0) is 10.8 Å². The maximum atomic E-state index is 2.23. The van der Waals surface area contributed by atoms with Crippen LogP contribution in [-0.2, 0) is 0 Å². The summed E-state index contributed by atoms with van der Waals surface area (Å²) in [7, 11) is 0. The van der Waals surface area contributed by atoms with Crippen LogP contribution in [0.2, 0.25) is 3.67 Å². The Morgan fingerprint density at radius 2 is 1.27 bits per heavy atom. The van der Waals surface area contributed by atoms with Crippen molar-refractivity contribution in [3.8, 4) is 0 Å². The van der Waals surface area contributed by atoms with Crippen molar-refractivity contribution < 1.29 is 0 Å². The Hall–Kier alpha value is -0.300. The average Bonchev–Trinajstić information content (AvgIpc) is 2.31. The Labute approximate surface area is 110 Å². The van der Waals surface area contributed by atoms with E-state index in [0.717, 1.165) is 0 Å². The molecule has 0 atom stereocenters. The Bertz CT molecular complexity index is 314. The third-order valence-corrected chi connectivity index (χ3v) is 3.07. The molecule has 0 aliphatic carbocycles. The zero-order chi connectivity index (χ0) is 10.9. The zero-order valence-electron chi connectivity index (χ0n) is 9.74. The molecule has 1 heteroatoms. The Morgan fingerprint density at radius 3 is 1.47 bits per heavy atom. The van der Waals surface area contributed by atoms with Gasteiger partial charge in [0.1, 0.15) is 0 Å². The monoisotopic (exact) mass is 208 g/mol. The third kappa shape index (κ3) is 4.83. The molecule has 15 heavy (non-hydrogen) atoms. The van der Waals surface area contributed by atoms with Gasteiger partial charge in [-0.1, -0.05) is 48.5 Å². The van der Waals surface area contributed by atoms with Gasteiger partial charge in [0.25, 0.3) is 0 Å². The Balaban J connectivity index is 0.000000195. The van der Waals surface area contributed by atoms with Crippen LogP contribution < -0.4 is 0 Å². The molecule has 0 heterocycles. The molecule has 0 bridgehead atoms. The maximum Gasteiger partial charge on any atom is -0.0184 e. The fraction of sp³-hybridized carbons (Fsp3) is 0.286. The summed E-state index contributed by atoms with van der Waals surface area (Å²) in [4.78, 5) is 0. The topological polar surface area (TPSA) is 0 Å². The molecule has 0 radical (unpaired) electrons.